The minimum absolute atomic E-state index is 0.173. The molecule has 5 nitrogen and oxygen atoms in total. The number of nitrogens with zero attached hydrogens (tertiary/aromatic N) is 3. The smallest absolute Gasteiger partial charge is 0.243 e. The summed E-state index contributed by atoms with van der Waals surface area (Å²) in [6, 6.07) is 24.0. The van der Waals surface area contributed by atoms with Crippen LogP contribution in [0.2, 0.25) is 0 Å². The van der Waals surface area contributed by atoms with Gasteiger partial charge in [0, 0.05) is 29.1 Å². The fourth-order valence-electron chi connectivity index (χ4n) is 3.74. The van der Waals surface area contributed by atoms with Crippen molar-refractivity contribution in [3.8, 4) is 0 Å². The molecule has 1 aliphatic rings. The van der Waals surface area contributed by atoms with E-state index in [1.165, 1.54) is 11.9 Å². The number of fused-ring (bicyclic) bond motifs is 2. The molecule has 0 fully saturated rings. The van der Waals surface area contributed by atoms with Gasteiger partial charge in [-0.15, -0.1) is 5.10 Å². The van der Waals surface area contributed by atoms with Gasteiger partial charge in [-0.25, -0.2) is 0 Å². The number of carbonyl (C=O) groups is 1. The zero-order valence-electron chi connectivity index (χ0n) is 16.2. The Balaban J connectivity index is 1.60. The van der Waals surface area contributed by atoms with Crippen molar-refractivity contribution in [3.63, 3.8) is 0 Å². The van der Waals surface area contributed by atoms with Gasteiger partial charge in [0.15, 0.2) is 0 Å². The normalized spacial score (nSPS) is 16.1. The van der Waals surface area contributed by atoms with E-state index in [0.717, 1.165) is 38.5 Å². The van der Waals surface area contributed by atoms with Gasteiger partial charge in [0.05, 0.1) is 5.52 Å². The Kier molecular flexibility index (Phi) is 4.02. The number of pyridine rings is 1. The molecule has 0 saturated heterocycles. The largest absolute Gasteiger partial charge is 0.446 e. The fraction of sp³-hybridized carbons (Fsp3) is 0.125. The van der Waals surface area contributed by atoms with Crippen molar-refractivity contribution in [1.82, 2.24) is 9.99 Å². The van der Waals surface area contributed by atoms with E-state index in [9.17, 15) is 4.79 Å². The second-order valence-corrected chi connectivity index (χ2v) is 7.17. The monoisotopic (exact) mass is 381 g/mol. The van der Waals surface area contributed by atoms with Gasteiger partial charge in [-0.3, -0.25) is 9.78 Å². The molecule has 0 spiro atoms. The number of ether oxygens (including phenoxy) is 1. The van der Waals surface area contributed by atoms with Gasteiger partial charge in [0.2, 0.25) is 18.0 Å². The zero-order chi connectivity index (χ0) is 20.0. The lowest BCUT2D eigenvalue weighted by molar-refractivity contribution is -0.135. The Bertz CT molecular complexity index is 1300. The Hall–Kier alpha value is -3.73. The summed E-state index contributed by atoms with van der Waals surface area (Å²) in [6.45, 7) is 3.44. The van der Waals surface area contributed by atoms with Gasteiger partial charge in [-0.2, -0.15) is 5.01 Å². The van der Waals surface area contributed by atoms with E-state index >= 15 is 0 Å². The van der Waals surface area contributed by atoms with Crippen LogP contribution in [0.1, 0.15) is 30.0 Å². The number of aryl methyl sites for hydroxylation is 1. The Morgan fingerprint density at radius 3 is 2.55 bits per heavy atom. The molecule has 0 saturated carbocycles. The first-order valence-electron chi connectivity index (χ1n) is 9.51. The number of amides is 1. The summed E-state index contributed by atoms with van der Waals surface area (Å²) in [7, 11) is 0. The topological polar surface area (TPSA) is 54.8 Å². The Morgan fingerprint density at radius 1 is 0.966 bits per heavy atom. The van der Waals surface area contributed by atoms with Gasteiger partial charge >= 0.3 is 0 Å². The molecule has 0 N–H and O–H groups in total. The summed E-state index contributed by atoms with van der Waals surface area (Å²) < 4.78 is 6.25. The van der Waals surface area contributed by atoms with Gasteiger partial charge in [0.25, 0.3) is 0 Å². The standard InChI is InChI=1S/C24H19N3O2/c1-15-13-21(20-9-5-6-10-22(20)25-15)23-26-27(16(2)28)24(29-23)19-12-11-17-7-3-4-8-18(17)14-19/h3-14,24H,1-2H3/t24-/m0/s1. The average molecular weight is 381 g/mol. The van der Waals surface area contributed by atoms with Crippen molar-refractivity contribution in [3.05, 3.63) is 89.6 Å². The first kappa shape index (κ1) is 17.4. The van der Waals surface area contributed by atoms with Crippen molar-refractivity contribution < 1.29 is 9.53 Å². The van der Waals surface area contributed by atoms with E-state index in [1.54, 1.807) is 0 Å². The highest BCUT2D eigenvalue weighted by atomic mass is 16.5. The molecule has 0 radical (unpaired) electrons. The van der Waals surface area contributed by atoms with Crippen LogP contribution in [0.5, 0.6) is 0 Å². The fourth-order valence-corrected chi connectivity index (χ4v) is 3.74. The van der Waals surface area contributed by atoms with Crippen LogP contribution in [0, 0.1) is 6.92 Å². The molecular formula is C24H19N3O2. The van der Waals surface area contributed by atoms with Gasteiger partial charge in [0.1, 0.15) is 0 Å². The molecule has 4 aromatic rings. The van der Waals surface area contributed by atoms with Crippen LogP contribution in [0.4, 0.5) is 0 Å². The van der Waals surface area contributed by atoms with Gasteiger partial charge in [-0.1, -0.05) is 54.6 Å². The highest BCUT2D eigenvalue weighted by Gasteiger charge is 2.33. The predicted molar refractivity (Wildman–Crippen MR) is 113 cm³/mol. The molecular weight excluding hydrogens is 362 g/mol. The summed E-state index contributed by atoms with van der Waals surface area (Å²) >= 11 is 0. The lowest BCUT2D eigenvalue weighted by Crippen LogP contribution is -2.25. The lowest BCUT2D eigenvalue weighted by atomic mass is 10.1. The number of para-hydroxylation sites is 1. The van der Waals surface area contributed by atoms with Crippen LogP contribution >= 0.6 is 0 Å². The molecule has 0 aliphatic carbocycles. The molecule has 0 bridgehead atoms. The second-order valence-electron chi connectivity index (χ2n) is 7.17. The van der Waals surface area contributed by atoms with Crippen LogP contribution in [0.15, 0.2) is 77.9 Å². The van der Waals surface area contributed by atoms with E-state index in [1.807, 2.05) is 73.7 Å². The van der Waals surface area contributed by atoms with Crippen molar-refractivity contribution >= 4 is 33.5 Å². The van der Waals surface area contributed by atoms with Gasteiger partial charge < -0.3 is 4.74 Å². The van der Waals surface area contributed by atoms with E-state index < -0.39 is 6.23 Å². The Morgan fingerprint density at radius 2 is 1.72 bits per heavy atom. The molecule has 1 atom stereocenters. The maximum atomic E-state index is 12.3. The maximum Gasteiger partial charge on any atom is 0.243 e. The molecule has 0 unspecified atom stereocenters. The molecule has 3 aromatic carbocycles. The number of hydrazone groups is 1. The summed E-state index contributed by atoms with van der Waals surface area (Å²) in [5.74, 6) is 0.258. The molecule has 1 aromatic heterocycles. The summed E-state index contributed by atoms with van der Waals surface area (Å²) in [5.41, 5.74) is 3.46. The van der Waals surface area contributed by atoms with Crippen LogP contribution in [-0.4, -0.2) is 21.8 Å². The second kappa shape index (κ2) is 6.71. The molecule has 1 amide bonds. The van der Waals surface area contributed by atoms with Crippen LogP contribution in [0.3, 0.4) is 0 Å². The first-order chi connectivity index (χ1) is 14.1. The molecule has 142 valence electrons. The summed E-state index contributed by atoms with van der Waals surface area (Å²) in [5, 5.41) is 9.12. The summed E-state index contributed by atoms with van der Waals surface area (Å²) in [4.78, 5) is 16.9. The van der Waals surface area contributed by atoms with Crippen LogP contribution < -0.4 is 0 Å². The van der Waals surface area contributed by atoms with Crippen molar-refractivity contribution in [1.29, 1.82) is 0 Å². The lowest BCUT2D eigenvalue weighted by Gasteiger charge is -2.19. The number of hydrogen-bond acceptors (Lipinski definition) is 4. The van der Waals surface area contributed by atoms with Crippen LogP contribution in [-0.2, 0) is 9.53 Å². The van der Waals surface area contributed by atoms with Crippen molar-refractivity contribution in [2.75, 3.05) is 0 Å². The minimum Gasteiger partial charge on any atom is -0.446 e. The number of carbonyl (C=O) groups excluding carboxylic acids is 1. The quantitative estimate of drug-likeness (QED) is 0.494. The molecule has 2 heterocycles. The molecule has 5 heteroatoms. The highest BCUT2D eigenvalue weighted by molar-refractivity contribution is 6.07. The maximum absolute atomic E-state index is 12.3. The molecule has 29 heavy (non-hydrogen) atoms. The van der Waals surface area contributed by atoms with Crippen molar-refractivity contribution in [2.45, 2.75) is 20.1 Å². The Labute approximate surface area is 168 Å². The number of aromatic nitrogens is 1. The predicted octanol–water partition coefficient (Wildman–Crippen LogP) is 4.94. The van der Waals surface area contributed by atoms with E-state index in [2.05, 4.69) is 16.2 Å². The van der Waals surface area contributed by atoms with Crippen molar-refractivity contribution in [2.24, 2.45) is 5.10 Å². The summed E-state index contributed by atoms with van der Waals surface area (Å²) in [6.07, 6.45) is -0.598. The van der Waals surface area contributed by atoms with Gasteiger partial charge in [-0.05, 0) is 35.9 Å². The minimum atomic E-state index is -0.598. The van der Waals surface area contributed by atoms with Crippen LogP contribution in [0.25, 0.3) is 21.7 Å². The third kappa shape index (κ3) is 3.01. The first-order valence-corrected chi connectivity index (χ1v) is 9.51. The third-order valence-corrected chi connectivity index (χ3v) is 5.10. The molecule has 5 rings (SSSR count). The van der Waals surface area contributed by atoms with E-state index in [4.69, 9.17) is 4.74 Å². The van der Waals surface area contributed by atoms with E-state index in [0.29, 0.717) is 5.90 Å². The number of hydrogen-bond donors (Lipinski definition) is 0. The number of rotatable bonds is 2. The average Bonchev–Trinajstić information content (AvgIpc) is 3.18. The number of benzene rings is 3. The highest BCUT2D eigenvalue weighted by Crippen LogP contribution is 2.33. The van der Waals surface area contributed by atoms with E-state index in [-0.39, 0.29) is 5.91 Å². The third-order valence-electron chi connectivity index (χ3n) is 5.10. The SMILES string of the molecule is CC(=O)N1N=C(c2cc(C)nc3ccccc23)O[C@H]1c1ccc2ccccc2c1. The molecule has 1 aliphatic heterocycles. The zero-order valence-corrected chi connectivity index (χ0v) is 16.2.